The Morgan fingerprint density at radius 1 is 1.21 bits per heavy atom. The zero-order chi connectivity index (χ0) is 14.7. The molecule has 2 nitrogen and oxygen atoms in total. The molecule has 0 aliphatic rings. The fraction of sp³-hybridized carbons (Fsp3) is 0.571. The first kappa shape index (κ1) is 16.0. The lowest BCUT2D eigenvalue weighted by Crippen LogP contribution is -2.28. The van der Waals surface area contributed by atoms with Crippen molar-refractivity contribution >= 4 is 0 Å². The topological polar surface area (TPSA) is 21.3 Å². The van der Waals surface area contributed by atoms with Crippen LogP contribution in [0.5, 0.6) is 0 Å². The molecule has 19 heavy (non-hydrogen) atoms. The lowest BCUT2D eigenvalue weighted by atomic mass is 10.0. The van der Waals surface area contributed by atoms with Gasteiger partial charge in [-0.2, -0.15) is 13.2 Å². The van der Waals surface area contributed by atoms with Crippen molar-refractivity contribution in [1.82, 2.24) is 5.32 Å². The minimum absolute atomic E-state index is 0.262. The van der Waals surface area contributed by atoms with E-state index in [0.717, 1.165) is 12.1 Å². The largest absolute Gasteiger partial charge is 0.416 e. The number of alkyl halides is 3. The molecule has 0 fully saturated rings. The van der Waals surface area contributed by atoms with Gasteiger partial charge in [0.1, 0.15) is 0 Å². The van der Waals surface area contributed by atoms with Crippen molar-refractivity contribution in [3.8, 4) is 0 Å². The van der Waals surface area contributed by atoms with Crippen molar-refractivity contribution in [3.63, 3.8) is 0 Å². The van der Waals surface area contributed by atoms with Gasteiger partial charge < -0.3 is 10.1 Å². The number of ether oxygens (including phenoxy) is 1. The van der Waals surface area contributed by atoms with E-state index in [1.165, 1.54) is 6.07 Å². The summed E-state index contributed by atoms with van der Waals surface area (Å²) in [5, 5.41) is 2.98. The zero-order valence-corrected chi connectivity index (χ0v) is 11.6. The van der Waals surface area contributed by atoms with E-state index in [4.69, 9.17) is 4.74 Å². The minimum Gasteiger partial charge on any atom is -0.374 e. The number of hydrogen-bond acceptors (Lipinski definition) is 2. The van der Waals surface area contributed by atoms with Gasteiger partial charge >= 0.3 is 6.18 Å². The molecule has 1 aromatic carbocycles. The van der Waals surface area contributed by atoms with Crippen molar-refractivity contribution < 1.29 is 17.9 Å². The summed E-state index contributed by atoms with van der Waals surface area (Å²) in [6.07, 6.45) is -4.32. The van der Waals surface area contributed by atoms with Crippen molar-refractivity contribution in [2.75, 3.05) is 13.7 Å². The Morgan fingerprint density at radius 2 is 1.84 bits per heavy atom. The quantitative estimate of drug-likeness (QED) is 0.903. The Balaban J connectivity index is 2.87. The maximum atomic E-state index is 12.7. The summed E-state index contributed by atoms with van der Waals surface area (Å²) >= 11 is 0. The highest BCUT2D eigenvalue weighted by Gasteiger charge is 2.31. The predicted octanol–water partition coefficient (Wildman–Crippen LogP) is 3.78. The van der Waals surface area contributed by atoms with E-state index >= 15 is 0 Å². The summed E-state index contributed by atoms with van der Waals surface area (Å²) in [4.78, 5) is 0. The van der Waals surface area contributed by atoms with E-state index in [0.29, 0.717) is 12.2 Å². The van der Waals surface area contributed by atoms with Crippen LogP contribution < -0.4 is 5.32 Å². The van der Waals surface area contributed by atoms with E-state index < -0.39 is 11.7 Å². The molecule has 1 unspecified atom stereocenters. The average Bonchev–Trinajstić information content (AvgIpc) is 2.27. The van der Waals surface area contributed by atoms with Gasteiger partial charge in [-0.1, -0.05) is 12.1 Å². The van der Waals surface area contributed by atoms with Gasteiger partial charge in [-0.3, -0.25) is 0 Å². The maximum Gasteiger partial charge on any atom is 0.416 e. The molecule has 1 aromatic rings. The molecule has 0 aliphatic carbocycles. The summed E-state index contributed by atoms with van der Waals surface area (Å²) in [7, 11) is 1.71. The van der Waals surface area contributed by atoms with Crippen molar-refractivity contribution in [1.29, 1.82) is 0 Å². The molecule has 1 N–H and O–H groups in total. The second-order valence-electron chi connectivity index (χ2n) is 5.39. The van der Waals surface area contributed by atoms with Gasteiger partial charge in [-0.05, 0) is 45.5 Å². The highest BCUT2D eigenvalue weighted by molar-refractivity contribution is 5.28. The third-order valence-electron chi connectivity index (χ3n) is 2.65. The molecule has 0 amide bonds. The van der Waals surface area contributed by atoms with E-state index in [-0.39, 0.29) is 11.6 Å². The normalized spacial score (nSPS) is 14.5. The fourth-order valence-electron chi connectivity index (χ4n) is 1.61. The molecule has 0 radical (unpaired) electrons. The Labute approximate surface area is 112 Å². The minimum atomic E-state index is -4.32. The van der Waals surface area contributed by atoms with Crippen molar-refractivity contribution in [2.24, 2.45) is 0 Å². The van der Waals surface area contributed by atoms with Gasteiger partial charge in [0.25, 0.3) is 0 Å². The smallest absolute Gasteiger partial charge is 0.374 e. The van der Waals surface area contributed by atoms with Gasteiger partial charge in [0.05, 0.1) is 23.8 Å². The van der Waals surface area contributed by atoms with E-state index in [9.17, 15) is 13.2 Å². The second kappa shape index (κ2) is 5.92. The third kappa shape index (κ3) is 5.20. The van der Waals surface area contributed by atoms with E-state index in [1.54, 1.807) is 13.1 Å². The SMILES string of the molecule is CNC(COC(C)(C)C)c1cccc(C(F)(F)F)c1. The molecule has 0 saturated carbocycles. The van der Waals surface area contributed by atoms with Crippen molar-refractivity contribution in [2.45, 2.75) is 38.6 Å². The number of hydrogen-bond donors (Lipinski definition) is 1. The lowest BCUT2D eigenvalue weighted by molar-refractivity contribution is -0.137. The summed E-state index contributed by atoms with van der Waals surface area (Å²) in [6, 6.07) is 5.05. The van der Waals surface area contributed by atoms with Gasteiger partial charge in [-0.25, -0.2) is 0 Å². The lowest BCUT2D eigenvalue weighted by Gasteiger charge is -2.25. The molecule has 0 aromatic heterocycles. The maximum absolute atomic E-state index is 12.7. The van der Waals surface area contributed by atoms with Crippen LogP contribution in [0.4, 0.5) is 13.2 Å². The van der Waals surface area contributed by atoms with Crippen LogP contribution >= 0.6 is 0 Å². The molecular formula is C14H20F3NO. The van der Waals surface area contributed by atoms with Gasteiger partial charge in [0, 0.05) is 0 Å². The molecule has 1 atom stereocenters. The number of nitrogens with one attached hydrogen (secondary N) is 1. The van der Waals surface area contributed by atoms with Crippen LogP contribution in [0.3, 0.4) is 0 Å². The highest BCUT2D eigenvalue weighted by Crippen LogP contribution is 2.31. The molecule has 0 heterocycles. The molecule has 0 saturated heterocycles. The Bertz CT molecular complexity index is 410. The Morgan fingerprint density at radius 3 is 2.32 bits per heavy atom. The van der Waals surface area contributed by atoms with Crippen LogP contribution in [0.2, 0.25) is 0 Å². The van der Waals surface area contributed by atoms with E-state index in [2.05, 4.69) is 5.32 Å². The third-order valence-corrected chi connectivity index (χ3v) is 2.65. The summed E-state index contributed by atoms with van der Waals surface area (Å²) < 4.78 is 43.6. The monoisotopic (exact) mass is 275 g/mol. The van der Waals surface area contributed by atoms with E-state index in [1.807, 2.05) is 20.8 Å². The predicted molar refractivity (Wildman–Crippen MR) is 68.9 cm³/mol. The van der Waals surface area contributed by atoms with Crippen LogP contribution in [-0.2, 0) is 10.9 Å². The standard InChI is InChI=1S/C14H20F3NO/c1-13(2,3)19-9-12(18-4)10-6-5-7-11(8-10)14(15,16)17/h5-8,12,18H,9H2,1-4H3. The van der Waals surface area contributed by atoms with Crippen LogP contribution in [0.15, 0.2) is 24.3 Å². The van der Waals surface area contributed by atoms with Crippen LogP contribution in [0.1, 0.15) is 37.9 Å². The van der Waals surface area contributed by atoms with Gasteiger partial charge in [-0.15, -0.1) is 0 Å². The summed E-state index contributed by atoms with van der Waals surface area (Å²) in [5.74, 6) is 0. The Hall–Kier alpha value is -1.07. The molecule has 0 bridgehead atoms. The second-order valence-corrected chi connectivity index (χ2v) is 5.39. The molecule has 0 aliphatic heterocycles. The van der Waals surface area contributed by atoms with Gasteiger partial charge in [0.2, 0.25) is 0 Å². The molecule has 1 rings (SSSR count). The van der Waals surface area contributed by atoms with Crippen LogP contribution in [0.25, 0.3) is 0 Å². The fourth-order valence-corrected chi connectivity index (χ4v) is 1.61. The first-order valence-corrected chi connectivity index (χ1v) is 6.12. The number of halogens is 3. The summed E-state index contributed by atoms with van der Waals surface area (Å²) in [5.41, 5.74) is -0.390. The summed E-state index contributed by atoms with van der Waals surface area (Å²) in [6.45, 7) is 6.05. The van der Waals surface area contributed by atoms with Gasteiger partial charge in [0.15, 0.2) is 0 Å². The number of benzene rings is 1. The zero-order valence-electron chi connectivity index (χ0n) is 11.6. The van der Waals surface area contributed by atoms with Crippen LogP contribution in [0, 0.1) is 0 Å². The van der Waals surface area contributed by atoms with Crippen LogP contribution in [-0.4, -0.2) is 19.3 Å². The first-order chi connectivity index (χ1) is 8.63. The molecular weight excluding hydrogens is 255 g/mol. The first-order valence-electron chi connectivity index (χ1n) is 6.12. The van der Waals surface area contributed by atoms with Crippen molar-refractivity contribution in [3.05, 3.63) is 35.4 Å². The Kier molecular flexibility index (Phi) is 4.98. The number of rotatable bonds is 4. The highest BCUT2D eigenvalue weighted by atomic mass is 19.4. The molecule has 0 spiro atoms. The number of likely N-dealkylation sites (N-methyl/N-ethyl adjacent to an activating group) is 1. The average molecular weight is 275 g/mol. The molecule has 5 heteroatoms. The molecule has 108 valence electrons.